The van der Waals surface area contributed by atoms with E-state index >= 15 is 0 Å². The maximum atomic E-state index is 11.2. The van der Waals surface area contributed by atoms with Gasteiger partial charge in [-0.2, -0.15) is 0 Å². The number of ether oxygens (including phenoxy) is 1. The van der Waals surface area contributed by atoms with Crippen LogP contribution in [0.3, 0.4) is 0 Å². The monoisotopic (exact) mass is 238 g/mol. The minimum absolute atomic E-state index is 0.168. The molecule has 1 rings (SSSR count). The van der Waals surface area contributed by atoms with Crippen LogP contribution in [0.2, 0.25) is 0 Å². The van der Waals surface area contributed by atoms with E-state index in [0.29, 0.717) is 0 Å². The van der Waals surface area contributed by atoms with E-state index in [9.17, 15) is 4.79 Å². The van der Waals surface area contributed by atoms with Gasteiger partial charge < -0.3 is 4.74 Å². The summed E-state index contributed by atoms with van der Waals surface area (Å²) >= 11 is 1.40. The minimum Gasteiger partial charge on any atom is -0.497 e. The van der Waals surface area contributed by atoms with E-state index in [2.05, 4.69) is 13.0 Å². The quantitative estimate of drug-likeness (QED) is 0.780. The van der Waals surface area contributed by atoms with Crippen molar-refractivity contribution in [3.8, 4) is 5.75 Å². The van der Waals surface area contributed by atoms with Crippen molar-refractivity contribution in [2.75, 3.05) is 7.11 Å². The highest BCUT2D eigenvalue weighted by molar-refractivity contribution is 8.13. The van der Waals surface area contributed by atoms with Crippen LogP contribution in [0.1, 0.15) is 37.5 Å². The summed E-state index contributed by atoms with van der Waals surface area (Å²) in [5.41, 5.74) is 1.17. The number of hydrogen-bond donors (Lipinski definition) is 0. The fraction of sp³-hybridized carbons (Fsp3) is 0.462. The summed E-state index contributed by atoms with van der Waals surface area (Å²) in [5, 5.41) is 0.416. The Hall–Kier alpha value is -0.960. The molecule has 0 bridgehead atoms. The van der Waals surface area contributed by atoms with Crippen LogP contribution in [0.4, 0.5) is 0 Å². The van der Waals surface area contributed by atoms with Crippen LogP contribution in [0.25, 0.3) is 0 Å². The van der Waals surface area contributed by atoms with Crippen molar-refractivity contribution in [1.29, 1.82) is 0 Å². The van der Waals surface area contributed by atoms with Gasteiger partial charge in [0.2, 0.25) is 0 Å². The summed E-state index contributed by atoms with van der Waals surface area (Å²) in [6, 6.07) is 7.96. The highest BCUT2D eigenvalue weighted by Gasteiger charge is 2.14. The zero-order chi connectivity index (χ0) is 12.0. The number of rotatable bonds is 5. The van der Waals surface area contributed by atoms with Gasteiger partial charge in [0.25, 0.3) is 0 Å². The third-order valence-corrected chi connectivity index (χ3v) is 3.45. The number of carbonyl (C=O) groups excluding carboxylic acids is 1. The first-order valence-electron chi connectivity index (χ1n) is 5.48. The van der Waals surface area contributed by atoms with Crippen LogP contribution in [0, 0.1) is 0 Å². The first kappa shape index (κ1) is 13.1. The zero-order valence-electron chi connectivity index (χ0n) is 10.0. The molecule has 88 valence electrons. The molecule has 0 fully saturated rings. The second-order valence-electron chi connectivity index (χ2n) is 3.66. The first-order chi connectivity index (χ1) is 7.67. The molecule has 1 aromatic carbocycles. The smallest absolute Gasteiger partial charge is 0.186 e. The molecule has 2 nitrogen and oxygen atoms in total. The van der Waals surface area contributed by atoms with Gasteiger partial charge in [-0.15, -0.1) is 0 Å². The molecule has 0 spiro atoms. The SMILES string of the molecule is CCCC(SC(C)=O)c1cccc(OC)c1. The first-order valence-corrected chi connectivity index (χ1v) is 6.36. The second kappa shape index (κ2) is 6.59. The highest BCUT2D eigenvalue weighted by atomic mass is 32.2. The lowest BCUT2D eigenvalue weighted by atomic mass is 10.1. The Morgan fingerprint density at radius 3 is 2.81 bits per heavy atom. The van der Waals surface area contributed by atoms with Gasteiger partial charge in [-0.3, -0.25) is 4.79 Å². The predicted octanol–water partition coefficient (Wildman–Crippen LogP) is 3.82. The Balaban J connectivity index is 2.86. The molecule has 3 heteroatoms. The normalized spacial score (nSPS) is 12.2. The molecule has 1 unspecified atom stereocenters. The van der Waals surface area contributed by atoms with Crippen molar-refractivity contribution in [3.63, 3.8) is 0 Å². The summed E-state index contributed by atoms with van der Waals surface area (Å²) in [5.74, 6) is 0.850. The van der Waals surface area contributed by atoms with Gasteiger partial charge in [0.15, 0.2) is 5.12 Å². The Labute approximate surface area is 101 Å². The van der Waals surface area contributed by atoms with Gasteiger partial charge >= 0.3 is 0 Å². The number of carbonyl (C=O) groups is 1. The Morgan fingerprint density at radius 1 is 1.50 bits per heavy atom. The molecule has 0 aliphatic heterocycles. The summed E-state index contributed by atoms with van der Waals surface area (Å²) in [6.07, 6.45) is 2.08. The molecule has 16 heavy (non-hydrogen) atoms. The Morgan fingerprint density at radius 2 is 2.25 bits per heavy atom. The van der Waals surface area contributed by atoms with Crippen molar-refractivity contribution in [3.05, 3.63) is 29.8 Å². The lowest BCUT2D eigenvalue weighted by Crippen LogP contribution is -1.98. The van der Waals surface area contributed by atoms with E-state index < -0.39 is 0 Å². The van der Waals surface area contributed by atoms with E-state index in [1.54, 1.807) is 14.0 Å². The van der Waals surface area contributed by atoms with Gasteiger partial charge in [-0.1, -0.05) is 37.2 Å². The van der Waals surface area contributed by atoms with Crippen molar-refractivity contribution >= 4 is 16.9 Å². The van der Waals surface area contributed by atoms with Gasteiger partial charge in [-0.05, 0) is 24.1 Å². The molecule has 0 amide bonds. The van der Waals surface area contributed by atoms with E-state index in [0.717, 1.165) is 18.6 Å². The Bertz CT molecular complexity index is 350. The summed E-state index contributed by atoms with van der Waals surface area (Å²) in [6.45, 7) is 3.75. The average molecular weight is 238 g/mol. The molecule has 0 aliphatic carbocycles. The van der Waals surface area contributed by atoms with Crippen LogP contribution in [0.5, 0.6) is 5.75 Å². The van der Waals surface area contributed by atoms with Gasteiger partial charge in [-0.25, -0.2) is 0 Å². The van der Waals surface area contributed by atoms with Gasteiger partial charge in [0.05, 0.1) is 7.11 Å². The van der Waals surface area contributed by atoms with Crippen molar-refractivity contribution < 1.29 is 9.53 Å². The maximum absolute atomic E-state index is 11.2. The number of methoxy groups -OCH3 is 1. The van der Waals surface area contributed by atoms with Gasteiger partial charge in [0, 0.05) is 12.2 Å². The van der Waals surface area contributed by atoms with Crippen LogP contribution >= 0.6 is 11.8 Å². The van der Waals surface area contributed by atoms with Crippen molar-refractivity contribution in [2.24, 2.45) is 0 Å². The summed E-state index contributed by atoms with van der Waals surface area (Å²) in [7, 11) is 1.66. The molecule has 0 heterocycles. The molecule has 0 aliphatic rings. The van der Waals surface area contributed by atoms with E-state index in [-0.39, 0.29) is 10.4 Å². The fourth-order valence-corrected chi connectivity index (χ4v) is 2.63. The molecular formula is C13H18O2S. The van der Waals surface area contributed by atoms with Crippen LogP contribution < -0.4 is 4.74 Å². The molecule has 1 aromatic rings. The maximum Gasteiger partial charge on any atom is 0.186 e. The molecule has 0 saturated carbocycles. The van der Waals surface area contributed by atoms with Crippen LogP contribution in [0.15, 0.2) is 24.3 Å². The third kappa shape index (κ3) is 3.89. The van der Waals surface area contributed by atoms with Gasteiger partial charge in [0.1, 0.15) is 5.75 Å². The average Bonchev–Trinajstić information content (AvgIpc) is 2.28. The molecule has 0 saturated heterocycles. The number of thioether (sulfide) groups is 1. The minimum atomic E-state index is 0.168. The van der Waals surface area contributed by atoms with E-state index in [4.69, 9.17) is 4.74 Å². The highest BCUT2D eigenvalue weighted by Crippen LogP contribution is 2.34. The zero-order valence-corrected chi connectivity index (χ0v) is 10.8. The lowest BCUT2D eigenvalue weighted by molar-refractivity contribution is -0.109. The van der Waals surface area contributed by atoms with E-state index in [1.165, 1.54) is 17.3 Å². The fourth-order valence-electron chi connectivity index (χ4n) is 1.60. The number of benzene rings is 1. The lowest BCUT2D eigenvalue weighted by Gasteiger charge is -2.15. The standard InChI is InChI=1S/C13H18O2S/c1-4-6-13(16-10(2)14)11-7-5-8-12(9-11)15-3/h5,7-9,13H,4,6H2,1-3H3. The predicted molar refractivity (Wildman–Crippen MR) is 68.9 cm³/mol. The summed E-state index contributed by atoms with van der Waals surface area (Å²) in [4.78, 5) is 11.2. The largest absolute Gasteiger partial charge is 0.497 e. The molecular weight excluding hydrogens is 220 g/mol. The number of hydrogen-bond acceptors (Lipinski definition) is 3. The third-order valence-electron chi connectivity index (χ3n) is 2.32. The van der Waals surface area contributed by atoms with Crippen molar-refractivity contribution in [2.45, 2.75) is 31.9 Å². The molecule has 1 atom stereocenters. The second-order valence-corrected chi connectivity index (χ2v) is 5.04. The van der Waals surface area contributed by atoms with E-state index in [1.807, 2.05) is 18.2 Å². The molecule has 0 N–H and O–H groups in total. The molecule has 0 aromatic heterocycles. The van der Waals surface area contributed by atoms with Crippen LogP contribution in [-0.2, 0) is 4.79 Å². The molecule has 0 radical (unpaired) electrons. The van der Waals surface area contributed by atoms with Crippen LogP contribution in [-0.4, -0.2) is 12.2 Å². The topological polar surface area (TPSA) is 26.3 Å². The Kier molecular flexibility index (Phi) is 5.39. The summed E-state index contributed by atoms with van der Waals surface area (Å²) < 4.78 is 5.19. The van der Waals surface area contributed by atoms with Crippen molar-refractivity contribution in [1.82, 2.24) is 0 Å².